The molecule has 2 saturated heterocycles. The van der Waals surface area contributed by atoms with Crippen LogP contribution in [0.25, 0.3) is 0 Å². The fourth-order valence-corrected chi connectivity index (χ4v) is 8.75. The third-order valence-electron chi connectivity index (χ3n) is 7.10. The number of thiophene rings is 1. The molecule has 0 saturated carbocycles. The highest BCUT2D eigenvalue weighted by molar-refractivity contribution is 8.77. The van der Waals surface area contributed by atoms with Crippen LogP contribution in [0, 0.1) is 0 Å². The van der Waals surface area contributed by atoms with E-state index in [0.717, 1.165) is 28.5 Å². The van der Waals surface area contributed by atoms with E-state index < -0.39 is 5.60 Å². The monoisotopic (exact) mass is 602 g/mol. The summed E-state index contributed by atoms with van der Waals surface area (Å²) in [6.45, 7) is 7.04. The summed E-state index contributed by atoms with van der Waals surface area (Å²) in [5.41, 5.74) is 6.84. The maximum atomic E-state index is 13.6. The lowest BCUT2D eigenvalue weighted by Gasteiger charge is -2.42. The van der Waals surface area contributed by atoms with Gasteiger partial charge in [0, 0.05) is 37.1 Å². The second-order valence-corrected chi connectivity index (χ2v) is 15.2. The molecule has 4 rings (SSSR count). The number of rotatable bonds is 10. The third-order valence-corrected chi connectivity index (χ3v) is 11.0. The molecule has 218 valence electrons. The van der Waals surface area contributed by atoms with Crippen LogP contribution in [-0.4, -0.2) is 69.4 Å². The van der Waals surface area contributed by atoms with Crippen LogP contribution in [0.1, 0.15) is 69.7 Å². The Balaban J connectivity index is 1.51. The Morgan fingerprint density at radius 3 is 2.60 bits per heavy atom. The first kappa shape index (κ1) is 30.8. The Labute approximate surface area is 250 Å². The molecule has 0 aliphatic carbocycles. The molecule has 2 aromatic rings. The number of amides is 2. The Morgan fingerprint density at radius 1 is 1.12 bits per heavy atom. The Hall–Kier alpha value is -2.17. The number of carbonyl (C=O) groups is 2. The Morgan fingerprint density at radius 2 is 1.93 bits per heavy atom. The molecule has 2 amide bonds. The zero-order valence-corrected chi connectivity index (χ0v) is 26.2. The topological polar surface area (TPSA) is 88.2 Å². The van der Waals surface area contributed by atoms with Crippen molar-refractivity contribution in [2.24, 2.45) is 10.7 Å². The normalized spacial score (nSPS) is 21.8. The molecule has 1 aromatic carbocycles. The van der Waals surface area contributed by atoms with Gasteiger partial charge in [-0.2, -0.15) is 0 Å². The van der Waals surface area contributed by atoms with Crippen molar-refractivity contribution in [3.63, 3.8) is 0 Å². The van der Waals surface area contributed by atoms with Crippen molar-refractivity contribution in [3.8, 4) is 0 Å². The number of unbranched alkanes of at least 4 members (excludes halogenated alkanes) is 1. The van der Waals surface area contributed by atoms with Crippen LogP contribution < -0.4 is 5.73 Å². The van der Waals surface area contributed by atoms with Gasteiger partial charge in [0.05, 0.1) is 17.0 Å². The molecule has 2 N–H and O–H groups in total. The lowest BCUT2D eigenvalue weighted by molar-refractivity contribution is -0.133. The van der Waals surface area contributed by atoms with Crippen molar-refractivity contribution in [1.82, 2.24) is 9.80 Å². The second kappa shape index (κ2) is 14.6. The maximum absolute atomic E-state index is 13.6. The van der Waals surface area contributed by atoms with E-state index in [-0.39, 0.29) is 24.1 Å². The van der Waals surface area contributed by atoms with E-state index in [1.54, 1.807) is 4.90 Å². The predicted octanol–water partition coefficient (Wildman–Crippen LogP) is 6.57. The number of piperidine rings is 1. The number of carbonyl (C=O) groups excluding carboxylic acids is 2. The molecule has 3 heterocycles. The summed E-state index contributed by atoms with van der Waals surface area (Å²) in [5, 5.41) is 2.70. The summed E-state index contributed by atoms with van der Waals surface area (Å²) < 4.78 is 5.86. The van der Waals surface area contributed by atoms with Crippen molar-refractivity contribution in [1.29, 1.82) is 0 Å². The first-order chi connectivity index (χ1) is 19.2. The summed E-state index contributed by atoms with van der Waals surface area (Å²) in [4.78, 5) is 36.4. The number of aliphatic imine (C=N–C) groups is 1. The Bertz CT molecular complexity index is 1110. The van der Waals surface area contributed by atoms with E-state index in [1.807, 2.05) is 95.1 Å². The van der Waals surface area contributed by atoms with Crippen LogP contribution in [-0.2, 0) is 16.1 Å². The molecule has 1 aromatic heterocycles. The van der Waals surface area contributed by atoms with Gasteiger partial charge in [0.1, 0.15) is 11.4 Å². The van der Waals surface area contributed by atoms with E-state index in [2.05, 4.69) is 0 Å². The van der Waals surface area contributed by atoms with Gasteiger partial charge in [-0.15, -0.1) is 11.3 Å². The zero-order chi connectivity index (χ0) is 28.5. The van der Waals surface area contributed by atoms with Gasteiger partial charge in [0.2, 0.25) is 5.91 Å². The molecule has 3 atom stereocenters. The predicted molar refractivity (Wildman–Crippen MR) is 169 cm³/mol. The van der Waals surface area contributed by atoms with Gasteiger partial charge in [-0.3, -0.25) is 14.7 Å². The summed E-state index contributed by atoms with van der Waals surface area (Å²) >= 11 is 1.53. The Kier molecular flexibility index (Phi) is 11.3. The van der Waals surface area contributed by atoms with Gasteiger partial charge in [0.15, 0.2) is 0 Å². The molecule has 7 nitrogen and oxygen atoms in total. The van der Waals surface area contributed by atoms with Crippen molar-refractivity contribution in [2.75, 3.05) is 18.8 Å². The first-order valence-electron chi connectivity index (χ1n) is 14.2. The standard InChI is InChI=1S/C30H42N4O3S3/c1-30(2,3)37-29(36)34(20-22-10-5-4-6-11-22)25-15-17-33(21-24(25)32-28(31)26-13-9-18-38-26)27(35)14-8-7-12-23-16-19-39-40-23/h4-6,9-11,13,18,23-25H,7-8,12,14-17,19-21H2,1-3H3,(H2,31,32). The fraction of sp³-hybridized carbons (Fsp3) is 0.567. The lowest BCUT2D eigenvalue weighted by atomic mass is 9.96. The molecule has 0 radical (unpaired) electrons. The number of hydrogen-bond acceptors (Lipinski definition) is 7. The largest absolute Gasteiger partial charge is 0.444 e. The van der Waals surface area contributed by atoms with Crippen LogP contribution >= 0.6 is 32.9 Å². The smallest absolute Gasteiger partial charge is 0.410 e. The molecule has 40 heavy (non-hydrogen) atoms. The maximum Gasteiger partial charge on any atom is 0.410 e. The van der Waals surface area contributed by atoms with Gasteiger partial charge in [-0.1, -0.05) is 64.4 Å². The van der Waals surface area contributed by atoms with Crippen molar-refractivity contribution < 1.29 is 14.3 Å². The summed E-state index contributed by atoms with van der Waals surface area (Å²) in [5.74, 6) is 1.84. The SMILES string of the molecule is CC(C)(C)OC(=O)N(Cc1ccccc1)C1CCN(C(=O)CCCCC2CCSS2)CC1N=C(N)c1cccs1. The van der Waals surface area contributed by atoms with Crippen LogP contribution in [0.4, 0.5) is 4.79 Å². The van der Waals surface area contributed by atoms with Crippen LogP contribution in [0.2, 0.25) is 0 Å². The third kappa shape index (κ3) is 9.17. The highest BCUT2D eigenvalue weighted by atomic mass is 33.1. The average molecular weight is 603 g/mol. The van der Waals surface area contributed by atoms with E-state index in [4.69, 9.17) is 15.5 Å². The van der Waals surface area contributed by atoms with E-state index in [0.29, 0.717) is 38.3 Å². The van der Waals surface area contributed by atoms with E-state index in [1.165, 1.54) is 29.9 Å². The number of ether oxygens (including phenoxy) is 1. The minimum Gasteiger partial charge on any atom is -0.444 e. The van der Waals surface area contributed by atoms with Crippen LogP contribution in [0.15, 0.2) is 52.8 Å². The molecule has 2 aliphatic heterocycles. The highest BCUT2D eigenvalue weighted by Gasteiger charge is 2.39. The van der Waals surface area contributed by atoms with Gasteiger partial charge >= 0.3 is 6.09 Å². The second-order valence-electron chi connectivity index (χ2n) is 11.4. The fourth-order valence-electron chi connectivity index (χ4n) is 5.09. The van der Waals surface area contributed by atoms with Crippen molar-refractivity contribution in [2.45, 2.75) is 88.8 Å². The number of amidine groups is 1. The number of likely N-dealkylation sites (tertiary alicyclic amines) is 1. The molecule has 3 unspecified atom stereocenters. The molecule has 0 spiro atoms. The molecule has 10 heteroatoms. The molecule has 0 bridgehead atoms. The minimum absolute atomic E-state index is 0.161. The van der Waals surface area contributed by atoms with Gasteiger partial charge in [-0.05, 0) is 63.5 Å². The first-order valence-corrected chi connectivity index (χ1v) is 17.4. The van der Waals surface area contributed by atoms with Crippen LogP contribution in [0.5, 0.6) is 0 Å². The summed E-state index contributed by atoms with van der Waals surface area (Å²) in [6, 6.07) is 13.2. The number of benzene rings is 1. The molecule has 2 fully saturated rings. The van der Waals surface area contributed by atoms with Crippen molar-refractivity contribution in [3.05, 3.63) is 58.3 Å². The highest BCUT2D eigenvalue weighted by Crippen LogP contribution is 2.40. The van der Waals surface area contributed by atoms with Crippen molar-refractivity contribution >= 4 is 50.8 Å². The number of nitrogens with zero attached hydrogens (tertiary/aromatic N) is 3. The van der Waals surface area contributed by atoms with Gasteiger partial charge in [-0.25, -0.2) is 4.79 Å². The molecular formula is C30H42N4O3S3. The van der Waals surface area contributed by atoms with Gasteiger partial charge in [0.25, 0.3) is 0 Å². The summed E-state index contributed by atoms with van der Waals surface area (Å²) in [7, 11) is 3.96. The molecular weight excluding hydrogens is 561 g/mol. The molecule has 2 aliphatic rings. The number of hydrogen-bond donors (Lipinski definition) is 1. The van der Waals surface area contributed by atoms with Crippen LogP contribution in [0.3, 0.4) is 0 Å². The van der Waals surface area contributed by atoms with Gasteiger partial charge < -0.3 is 15.4 Å². The quantitative estimate of drug-likeness (QED) is 0.143. The van der Waals surface area contributed by atoms with E-state index >= 15 is 0 Å². The number of nitrogens with two attached hydrogens (primary N) is 1. The average Bonchev–Trinajstić information content (AvgIpc) is 3.64. The minimum atomic E-state index is -0.632. The van der Waals surface area contributed by atoms with E-state index in [9.17, 15) is 9.59 Å². The summed E-state index contributed by atoms with van der Waals surface area (Å²) in [6.07, 6.45) is 5.23. The zero-order valence-electron chi connectivity index (χ0n) is 23.8. The lowest BCUT2D eigenvalue weighted by Crippen LogP contribution is -2.57.